The predicted molar refractivity (Wildman–Crippen MR) is 64.6 cm³/mol. The maximum atomic E-state index is 5.64. The Morgan fingerprint density at radius 3 is 3.12 bits per heavy atom. The molecule has 0 radical (unpaired) electrons. The van der Waals surface area contributed by atoms with Crippen LogP contribution in [0.5, 0.6) is 5.75 Å². The summed E-state index contributed by atoms with van der Waals surface area (Å²) in [5.41, 5.74) is 6.74. The summed E-state index contributed by atoms with van der Waals surface area (Å²) in [7, 11) is 1.58. The Morgan fingerprint density at radius 2 is 2.44 bits per heavy atom. The van der Waals surface area contributed by atoms with Gasteiger partial charge in [-0.2, -0.15) is 4.37 Å². The summed E-state index contributed by atoms with van der Waals surface area (Å²) in [4.78, 5) is 4.04. The van der Waals surface area contributed by atoms with Gasteiger partial charge in [-0.1, -0.05) is 6.07 Å². The number of rotatable bonds is 4. The van der Waals surface area contributed by atoms with Crippen molar-refractivity contribution in [2.45, 2.75) is 6.54 Å². The van der Waals surface area contributed by atoms with E-state index in [1.54, 1.807) is 13.3 Å². The molecule has 2 aromatic heterocycles. The summed E-state index contributed by atoms with van der Waals surface area (Å²) in [5, 5.41) is 4.05. The molecule has 3 N–H and O–H groups in total. The quantitative estimate of drug-likeness (QED) is 0.846. The van der Waals surface area contributed by atoms with Gasteiger partial charge in [0.15, 0.2) is 16.6 Å². The summed E-state index contributed by atoms with van der Waals surface area (Å²) in [6, 6.07) is 3.89. The van der Waals surface area contributed by atoms with Crippen LogP contribution < -0.4 is 15.8 Å². The van der Waals surface area contributed by atoms with Crippen molar-refractivity contribution in [1.29, 1.82) is 0 Å². The van der Waals surface area contributed by atoms with Gasteiger partial charge in [0.05, 0.1) is 7.11 Å². The fraction of sp³-hybridized carbons (Fsp3) is 0.200. The summed E-state index contributed by atoms with van der Waals surface area (Å²) >= 11 is 1.29. The zero-order valence-corrected chi connectivity index (χ0v) is 9.62. The standard InChI is InChI=1S/C10H12N4OS/c1-15-8-9(11)14-16-10(8)13-6-7-3-2-4-12-5-7/h2-5,13H,6H2,1H3,(H2,11,14). The van der Waals surface area contributed by atoms with E-state index >= 15 is 0 Å². The van der Waals surface area contributed by atoms with Crippen LogP contribution in [0.25, 0.3) is 0 Å². The van der Waals surface area contributed by atoms with Crippen molar-refractivity contribution >= 4 is 22.4 Å². The van der Waals surface area contributed by atoms with E-state index in [1.165, 1.54) is 11.5 Å². The second kappa shape index (κ2) is 4.80. The number of aromatic nitrogens is 2. The molecular weight excluding hydrogens is 224 g/mol. The SMILES string of the molecule is COc1c(N)nsc1NCc1cccnc1. The molecule has 5 nitrogen and oxygen atoms in total. The summed E-state index contributed by atoms with van der Waals surface area (Å²) in [5.74, 6) is 1.02. The molecule has 6 heteroatoms. The summed E-state index contributed by atoms with van der Waals surface area (Å²) in [6.07, 6.45) is 3.55. The summed E-state index contributed by atoms with van der Waals surface area (Å²) in [6.45, 7) is 0.672. The van der Waals surface area contributed by atoms with Crippen LogP contribution in [0.3, 0.4) is 0 Å². The topological polar surface area (TPSA) is 73.1 Å². The molecule has 0 fully saturated rings. The molecule has 0 unspecified atom stereocenters. The molecule has 16 heavy (non-hydrogen) atoms. The first-order valence-corrected chi connectivity index (χ1v) is 5.50. The van der Waals surface area contributed by atoms with Crippen molar-refractivity contribution < 1.29 is 4.74 Å². The van der Waals surface area contributed by atoms with Gasteiger partial charge in [0, 0.05) is 18.9 Å². The molecule has 0 aromatic carbocycles. The molecule has 0 bridgehead atoms. The molecule has 2 heterocycles. The van der Waals surface area contributed by atoms with Crippen molar-refractivity contribution in [3.63, 3.8) is 0 Å². The van der Waals surface area contributed by atoms with Gasteiger partial charge < -0.3 is 15.8 Å². The van der Waals surface area contributed by atoms with Crippen LogP contribution >= 0.6 is 11.5 Å². The number of nitrogens with two attached hydrogens (primary N) is 1. The Hall–Kier alpha value is -1.82. The lowest BCUT2D eigenvalue weighted by molar-refractivity contribution is 0.419. The molecule has 0 saturated heterocycles. The molecule has 0 amide bonds. The minimum absolute atomic E-state index is 0.418. The van der Waals surface area contributed by atoms with E-state index in [1.807, 2.05) is 18.3 Å². The smallest absolute Gasteiger partial charge is 0.197 e. The van der Waals surface area contributed by atoms with Crippen LogP contribution in [0.4, 0.5) is 10.8 Å². The Morgan fingerprint density at radius 1 is 1.56 bits per heavy atom. The Bertz CT molecular complexity index is 457. The zero-order valence-electron chi connectivity index (χ0n) is 8.80. The van der Waals surface area contributed by atoms with Crippen molar-refractivity contribution in [1.82, 2.24) is 9.36 Å². The van der Waals surface area contributed by atoms with E-state index in [-0.39, 0.29) is 0 Å². The van der Waals surface area contributed by atoms with E-state index in [9.17, 15) is 0 Å². The van der Waals surface area contributed by atoms with Gasteiger partial charge >= 0.3 is 0 Å². The van der Waals surface area contributed by atoms with Crippen LogP contribution in [0, 0.1) is 0 Å². The Balaban J connectivity index is 2.05. The Kier molecular flexibility index (Phi) is 3.21. The third-order valence-electron chi connectivity index (χ3n) is 2.05. The van der Waals surface area contributed by atoms with Gasteiger partial charge in [-0.05, 0) is 23.2 Å². The van der Waals surface area contributed by atoms with Gasteiger partial charge in [0.1, 0.15) is 0 Å². The molecule has 0 aliphatic heterocycles. The first-order chi connectivity index (χ1) is 7.81. The van der Waals surface area contributed by atoms with Crippen LogP contribution in [-0.2, 0) is 6.54 Å². The van der Waals surface area contributed by atoms with Gasteiger partial charge in [-0.25, -0.2) is 0 Å². The fourth-order valence-corrected chi connectivity index (χ4v) is 1.97. The number of ether oxygens (including phenoxy) is 1. The highest BCUT2D eigenvalue weighted by atomic mass is 32.1. The number of nitrogens with zero attached hydrogens (tertiary/aromatic N) is 2. The predicted octanol–water partition coefficient (Wildman–Crippen LogP) is 1.74. The second-order valence-corrected chi connectivity index (χ2v) is 3.92. The second-order valence-electron chi connectivity index (χ2n) is 3.15. The molecule has 2 rings (SSSR count). The molecule has 2 aromatic rings. The molecule has 0 atom stereocenters. The summed E-state index contributed by atoms with van der Waals surface area (Å²) < 4.78 is 9.17. The van der Waals surface area contributed by atoms with Gasteiger partial charge in [0.2, 0.25) is 0 Å². The first-order valence-electron chi connectivity index (χ1n) is 4.73. The number of pyridine rings is 1. The minimum atomic E-state index is 0.418. The first kappa shape index (κ1) is 10.7. The normalized spacial score (nSPS) is 10.1. The number of methoxy groups -OCH3 is 1. The lowest BCUT2D eigenvalue weighted by atomic mass is 10.3. The van der Waals surface area contributed by atoms with E-state index in [0.29, 0.717) is 18.1 Å². The minimum Gasteiger partial charge on any atom is -0.490 e. The third kappa shape index (κ3) is 2.22. The zero-order chi connectivity index (χ0) is 11.4. The molecule has 84 valence electrons. The van der Waals surface area contributed by atoms with Crippen LogP contribution in [0.2, 0.25) is 0 Å². The molecule has 0 saturated carbocycles. The molecule has 0 spiro atoms. The number of nitrogen functional groups attached to an aromatic ring is 1. The van der Waals surface area contributed by atoms with Gasteiger partial charge in [0.25, 0.3) is 0 Å². The average Bonchev–Trinajstić information content (AvgIpc) is 2.68. The van der Waals surface area contributed by atoms with Gasteiger partial charge in [-0.15, -0.1) is 0 Å². The Labute approximate surface area is 97.4 Å². The highest BCUT2D eigenvalue weighted by molar-refractivity contribution is 7.11. The maximum absolute atomic E-state index is 5.64. The number of hydrogen-bond donors (Lipinski definition) is 2. The van der Waals surface area contributed by atoms with E-state index < -0.39 is 0 Å². The largest absolute Gasteiger partial charge is 0.490 e. The van der Waals surface area contributed by atoms with E-state index in [4.69, 9.17) is 10.5 Å². The average molecular weight is 236 g/mol. The van der Waals surface area contributed by atoms with Crippen LogP contribution in [0.1, 0.15) is 5.56 Å². The lowest BCUT2D eigenvalue weighted by Crippen LogP contribution is -2.00. The number of anilines is 2. The third-order valence-corrected chi connectivity index (χ3v) is 2.85. The van der Waals surface area contributed by atoms with Crippen LogP contribution in [-0.4, -0.2) is 16.5 Å². The van der Waals surface area contributed by atoms with E-state index in [2.05, 4.69) is 14.7 Å². The number of hydrogen-bond acceptors (Lipinski definition) is 6. The van der Waals surface area contributed by atoms with Crippen molar-refractivity contribution in [3.8, 4) is 5.75 Å². The fourth-order valence-electron chi connectivity index (χ4n) is 1.29. The molecular formula is C10H12N4OS. The van der Waals surface area contributed by atoms with Gasteiger partial charge in [-0.3, -0.25) is 4.98 Å². The number of nitrogens with one attached hydrogen (secondary N) is 1. The van der Waals surface area contributed by atoms with Crippen LogP contribution in [0.15, 0.2) is 24.5 Å². The van der Waals surface area contributed by atoms with Crippen molar-refractivity contribution in [2.75, 3.05) is 18.2 Å². The highest BCUT2D eigenvalue weighted by Gasteiger charge is 2.10. The molecule has 0 aliphatic rings. The lowest BCUT2D eigenvalue weighted by Gasteiger charge is -2.05. The van der Waals surface area contributed by atoms with Crippen molar-refractivity contribution in [3.05, 3.63) is 30.1 Å². The highest BCUT2D eigenvalue weighted by Crippen LogP contribution is 2.34. The van der Waals surface area contributed by atoms with Crippen molar-refractivity contribution in [2.24, 2.45) is 0 Å². The monoisotopic (exact) mass is 236 g/mol. The van der Waals surface area contributed by atoms with E-state index in [0.717, 1.165) is 10.6 Å². The molecule has 0 aliphatic carbocycles. The maximum Gasteiger partial charge on any atom is 0.197 e.